The summed E-state index contributed by atoms with van der Waals surface area (Å²) in [6, 6.07) is 15.5. The van der Waals surface area contributed by atoms with Crippen molar-refractivity contribution in [2.24, 2.45) is 0 Å². The molecule has 0 unspecified atom stereocenters. The lowest BCUT2D eigenvalue weighted by Crippen LogP contribution is -2.48. The van der Waals surface area contributed by atoms with Crippen molar-refractivity contribution >= 4 is 11.6 Å². The van der Waals surface area contributed by atoms with Gasteiger partial charge in [-0.3, -0.25) is 9.69 Å². The molecule has 0 aliphatic carbocycles. The van der Waals surface area contributed by atoms with E-state index in [9.17, 15) is 4.79 Å². The van der Waals surface area contributed by atoms with Gasteiger partial charge in [0.25, 0.3) is 5.91 Å². The molecule has 1 aliphatic heterocycles. The highest BCUT2D eigenvalue weighted by Gasteiger charge is 2.17. The molecular formula is C22H29N3O4. The monoisotopic (exact) mass is 399 g/mol. The summed E-state index contributed by atoms with van der Waals surface area (Å²) >= 11 is 0. The molecule has 7 heteroatoms. The fourth-order valence-electron chi connectivity index (χ4n) is 3.31. The Kier molecular flexibility index (Phi) is 7.58. The molecule has 0 atom stereocenters. The van der Waals surface area contributed by atoms with Crippen LogP contribution in [-0.4, -0.2) is 70.9 Å². The number of rotatable bonds is 9. The molecule has 0 spiro atoms. The van der Waals surface area contributed by atoms with Gasteiger partial charge in [-0.1, -0.05) is 12.1 Å². The smallest absolute Gasteiger partial charge is 0.257 e. The maximum atomic E-state index is 12.0. The first-order valence-corrected chi connectivity index (χ1v) is 9.83. The molecule has 2 aromatic rings. The van der Waals surface area contributed by atoms with Crippen molar-refractivity contribution in [1.29, 1.82) is 0 Å². The molecule has 7 nitrogen and oxygen atoms in total. The molecule has 1 heterocycles. The van der Waals surface area contributed by atoms with Crippen molar-refractivity contribution in [2.75, 3.05) is 65.0 Å². The average molecular weight is 399 g/mol. The second-order valence-electron chi connectivity index (χ2n) is 6.82. The van der Waals surface area contributed by atoms with Crippen molar-refractivity contribution < 1.29 is 19.0 Å². The molecule has 0 radical (unpaired) electrons. The van der Waals surface area contributed by atoms with Gasteiger partial charge in [0.2, 0.25) is 0 Å². The van der Waals surface area contributed by atoms with Crippen molar-refractivity contribution in [2.45, 2.75) is 0 Å². The van der Waals surface area contributed by atoms with Gasteiger partial charge in [0, 0.05) is 45.0 Å². The number of benzene rings is 2. The first kappa shape index (κ1) is 20.8. The summed E-state index contributed by atoms with van der Waals surface area (Å²) in [7, 11) is 3.26. The predicted molar refractivity (Wildman–Crippen MR) is 113 cm³/mol. The van der Waals surface area contributed by atoms with Crippen LogP contribution in [0.15, 0.2) is 48.5 Å². The summed E-state index contributed by atoms with van der Waals surface area (Å²) in [5.41, 5.74) is 1.22. The van der Waals surface area contributed by atoms with Crippen molar-refractivity contribution in [1.82, 2.24) is 10.2 Å². The Hall–Kier alpha value is -2.93. The molecule has 1 amide bonds. The molecule has 0 saturated carbocycles. The zero-order valence-corrected chi connectivity index (χ0v) is 17.1. The van der Waals surface area contributed by atoms with E-state index in [1.165, 1.54) is 5.69 Å². The fourth-order valence-corrected chi connectivity index (χ4v) is 3.31. The minimum absolute atomic E-state index is 0.0222. The maximum absolute atomic E-state index is 12.0. The molecule has 1 aliphatic rings. The minimum Gasteiger partial charge on any atom is -0.497 e. The molecule has 1 N–H and O–H groups in total. The number of nitrogens with zero attached hydrogens (tertiary/aromatic N) is 2. The number of para-hydroxylation sites is 2. The lowest BCUT2D eigenvalue weighted by molar-refractivity contribution is -0.123. The number of ether oxygens (including phenoxy) is 3. The number of methoxy groups -OCH3 is 2. The number of hydrogen-bond acceptors (Lipinski definition) is 6. The van der Waals surface area contributed by atoms with E-state index in [-0.39, 0.29) is 12.5 Å². The van der Waals surface area contributed by atoms with E-state index in [1.807, 2.05) is 24.3 Å². The zero-order chi connectivity index (χ0) is 20.5. The highest BCUT2D eigenvalue weighted by molar-refractivity contribution is 5.77. The van der Waals surface area contributed by atoms with Crippen LogP contribution in [0.4, 0.5) is 5.69 Å². The first-order chi connectivity index (χ1) is 14.2. The number of amides is 1. The van der Waals surface area contributed by atoms with E-state index in [4.69, 9.17) is 14.2 Å². The molecule has 1 fully saturated rings. The van der Waals surface area contributed by atoms with Crippen LogP contribution >= 0.6 is 0 Å². The van der Waals surface area contributed by atoms with Gasteiger partial charge >= 0.3 is 0 Å². The van der Waals surface area contributed by atoms with Crippen LogP contribution in [0.2, 0.25) is 0 Å². The molecule has 1 saturated heterocycles. The predicted octanol–water partition coefficient (Wildman–Crippen LogP) is 2.02. The number of hydrogen-bond donors (Lipinski definition) is 1. The van der Waals surface area contributed by atoms with Gasteiger partial charge in [0.15, 0.2) is 18.1 Å². The number of carbonyl (C=O) groups excluding carboxylic acids is 1. The third-order valence-corrected chi connectivity index (χ3v) is 4.99. The largest absolute Gasteiger partial charge is 0.497 e. The quantitative estimate of drug-likeness (QED) is 0.696. The van der Waals surface area contributed by atoms with E-state index in [0.29, 0.717) is 18.0 Å². The number of carbonyl (C=O) groups is 1. The highest BCUT2D eigenvalue weighted by Crippen LogP contribution is 2.25. The van der Waals surface area contributed by atoms with E-state index < -0.39 is 0 Å². The Labute approximate surface area is 172 Å². The van der Waals surface area contributed by atoms with E-state index in [2.05, 4.69) is 27.2 Å². The normalized spacial score (nSPS) is 14.3. The summed E-state index contributed by atoms with van der Waals surface area (Å²) < 4.78 is 16.0. The SMILES string of the molecule is COc1ccc(N2CCN(CCNC(=O)COc3ccccc3OC)CC2)cc1. The third-order valence-electron chi connectivity index (χ3n) is 4.99. The topological polar surface area (TPSA) is 63.3 Å². The number of nitrogens with one attached hydrogen (secondary N) is 1. The second-order valence-corrected chi connectivity index (χ2v) is 6.82. The second kappa shape index (κ2) is 10.6. The zero-order valence-electron chi connectivity index (χ0n) is 17.1. The first-order valence-electron chi connectivity index (χ1n) is 9.83. The van der Waals surface area contributed by atoms with Crippen LogP contribution in [0.25, 0.3) is 0 Å². The summed E-state index contributed by atoms with van der Waals surface area (Å²) in [6.07, 6.45) is 0. The third kappa shape index (κ3) is 6.02. The van der Waals surface area contributed by atoms with Gasteiger partial charge < -0.3 is 24.4 Å². The van der Waals surface area contributed by atoms with Crippen LogP contribution in [0.5, 0.6) is 17.2 Å². The Balaban J connectivity index is 1.33. The van der Waals surface area contributed by atoms with Gasteiger partial charge in [-0.2, -0.15) is 0 Å². The fraction of sp³-hybridized carbons (Fsp3) is 0.409. The summed E-state index contributed by atoms with van der Waals surface area (Å²) in [6.45, 7) is 5.30. The summed E-state index contributed by atoms with van der Waals surface area (Å²) in [5.74, 6) is 1.93. The lowest BCUT2D eigenvalue weighted by Gasteiger charge is -2.36. The summed E-state index contributed by atoms with van der Waals surface area (Å²) in [4.78, 5) is 16.8. The molecule has 3 rings (SSSR count). The van der Waals surface area contributed by atoms with Crippen LogP contribution in [0.3, 0.4) is 0 Å². The van der Waals surface area contributed by atoms with Crippen molar-refractivity contribution in [3.63, 3.8) is 0 Å². The Bertz CT molecular complexity index is 774. The van der Waals surface area contributed by atoms with E-state index >= 15 is 0 Å². The molecule has 0 aromatic heterocycles. The molecule has 156 valence electrons. The van der Waals surface area contributed by atoms with Gasteiger partial charge in [0.05, 0.1) is 14.2 Å². The molecule has 0 bridgehead atoms. The van der Waals surface area contributed by atoms with Crippen molar-refractivity contribution in [3.05, 3.63) is 48.5 Å². The van der Waals surface area contributed by atoms with Crippen molar-refractivity contribution in [3.8, 4) is 17.2 Å². The van der Waals surface area contributed by atoms with Gasteiger partial charge in [-0.15, -0.1) is 0 Å². The molecule has 2 aromatic carbocycles. The lowest BCUT2D eigenvalue weighted by atomic mass is 10.2. The minimum atomic E-state index is -0.132. The number of anilines is 1. The van der Waals surface area contributed by atoms with Gasteiger partial charge in [-0.05, 0) is 36.4 Å². The Morgan fingerprint density at radius 1 is 0.931 bits per heavy atom. The highest BCUT2D eigenvalue weighted by atomic mass is 16.5. The summed E-state index contributed by atoms with van der Waals surface area (Å²) in [5, 5.41) is 2.92. The van der Waals surface area contributed by atoms with Gasteiger partial charge in [-0.25, -0.2) is 0 Å². The van der Waals surface area contributed by atoms with Crippen LogP contribution in [0, 0.1) is 0 Å². The molecular weight excluding hydrogens is 370 g/mol. The Morgan fingerprint density at radius 2 is 1.62 bits per heavy atom. The standard InChI is InChI=1S/C22H29N3O4/c1-27-19-9-7-18(8-10-19)25-15-13-24(14-16-25)12-11-23-22(26)17-29-21-6-4-3-5-20(21)28-2/h3-10H,11-17H2,1-2H3,(H,23,26). The van der Waals surface area contributed by atoms with Crippen LogP contribution in [0.1, 0.15) is 0 Å². The van der Waals surface area contributed by atoms with Gasteiger partial charge in [0.1, 0.15) is 5.75 Å². The van der Waals surface area contributed by atoms with Crippen LogP contribution in [-0.2, 0) is 4.79 Å². The Morgan fingerprint density at radius 3 is 2.28 bits per heavy atom. The van der Waals surface area contributed by atoms with Crippen LogP contribution < -0.4 is 24.4 Å². The maximum Gasteiger partial charge on any atom is 0.257 e. The number of piperazine rings is 1. The van der Waals surface area contributed by atoms with E-state index in [0.717, 1.165) is 38.5 Å². The van der Waals surface area contributed by atoms with E-state index in [1.54, 1.807) is 26.4 Å². The molecule has 29 heavy (non-hydrogen) atoms. The average Bonchev–Trinajstić information content (AvgIpc) is 2.78.